The molecule has 0 atom stereocenters. The summed E-state index contributed by atoms with van der Waals surface area (Å²) in [7, 11) is 0. The minimum atomic E-state index is 0.723. The van der Waals surface area contributed by atoms with E-state index < -0.39 is 0 Å². The van der Waals surface area contributed by atoms with Crippen molar-refractivity contribution in [2.24, 2.45) is 0 Å². The average molecular weight is 655 g/mol. The molecule has 0 aliphatic carbocycles. The summed E-state index contributed by atoms with van der Waals surface area (Å²) in [6, 6.07) is 60.9. The zero-order valence-corrected chi connectivity index (χ0v) is 27.5. The SMILES string of the molecule is c1ccc(-n2c3ccccc3c3c(-c4cccc5c4-c4ccc(-c6ccccn6)cc4Oc4ccccc4-c4ccccc4O5)cccc32)cc1. The molecule has 4 nitrogen and oxygen atoms in total. The van der Waals surface area contributed by atoms with E-state index in [1.165, 1.54) is 10.8 Å². The zero-order chi connectivity index (χ0) is 33.7. The van der Waals surface area contributed by atoms with Gasteiger partial charge in [-0.1, -0.05) is 109 Å². The van der Waals surface area contributed by atoms with Gasteiger partial charge in [-0.25, -0.2) is 0 Å². The predicted octanol–water partition coefficient (Wildman–Crippen LogP) is 12.7. The quantitative estimate of drug-likeness (QED) is 0.190. The molecule has 0 saturated carbocycles. The van der Waals surface area contributed by atoms with Crippen LogP contribution in [0, 0.1) is 0 Å². The molecule has 0 amide bonds. The van der Waals surface area contributed by atoms with Crippen molar-refractivity contribution in [2.45, 2.75) is 0 Å². The van der Waals surface area contributed by atoms with Gasteiger partial charge in [-0.3, -0.25) is 4.98 Å². The molecule has 0 unspecified atom stereocenters. The Morgan fingerprint density at radius 3 is 1.84 bits per heavy atom. The van der Waals surface area contributed by atoms with Gasteiger partial charge in [0, 0.05) is 50.5 Å². The third-order valence-corrected chi connectivity index (χ3v) is 9.74. The summed E-state index contributed by atoms with van der Waals surface area (Å²) in [5.41, 5.74) is 11.2. The normalized spacial score (nSPS) is 11.8. The number of rotatable bonds is 3. The Hall–Kier alpha value is -6.91. The smallest absolute Gasteiger partial charge is 0.136 e. The molecule has 51 heavy (non-hydrogen) atoms. The molecule has 10 rings (SSSR count). The third-order valence-electron chi connectivity index (χ3n) is 9.74. The fourth-order valence-electron chi connectivity index (χ4n) is 7.52. The van der Waals surface area contributed by atoms with Crippen molar-refractivity contribution >= 4 is 21.8 Å². The first-order valence-electron chi connectivity index (χ1n) is 17.1. The van der Waals surface area contributed by atoms with E-state index >= 15 is 0 Å². The number of nitrogens with zero attached hydrogens (tertiary/aromatic N) is 2. The van der Waals surface area contributed by atoms with Crippen molar-refractivity contribution in [1.82, 2.24) is 9.55 Å². The summed E-state index contributed by atoms with van der Waals surface area (Å²) in [5.74, 6) is 2.99. The second-order valence-electron chi connectivity index (χ2n) is 12.7. The van der Waals surface area contributed by atoms with Crippen LogP contribution in [0.25, 0.3) is 72.1 Å². The highest BCUT2D eigenvalue weighted by atomic mass is 16.5. The van der Waals surface area contributed by atoms with E-state index in [-0.39, 0.29) is 0 Å². The Morgan fingerprint density at radius 2 is 1.04 bits per heavy atom. The Kier molecular flexibility index (Phi) is 6.78. The first-order chi connectivity index (χ1) is 25.3. The van der Waals surface area contributed by atoms with Crippen LogP contribution in [0.15, 0.2) is 182 Å². The highest BCUT2D eigenvalue weighted by Crippen LogP contribution is 2.51. The maximum absolute atomic E-state index is 7.02. The van der Waals surface area contributed by atoms with Gasteiger partial charge in [0.15, 0.2) is 0 Å². The largest absolute Gasteiger partial charge is 0.456 e. The van der Waals surface area contributed by atoms with Gasteiger partial charge < -0.3 is 14.0 Å². The maximum Gasteiger partial charge on any atom is 0.136 e. The number of hydrogen-bond acceptors (Lipinski definition) is 3. The summed E-state index contributed by atoms with van der Waals surface area (Å²) in [4.78, 5) is 4.66. The molecular formula is C47H30N2O2. The lowest BCUT2D eigenvalue weighted by Crippen LogP contribution is -1.99. The average Bonchev–Trinajstić information content (AvgIpc) is 3.54. The van der Waals surface area contributed by atoms with E-state index in [2.05, 4.69) is 131 Å². The number of para-hydroxylation sites is 4. The van der Waals surface area contributed by atoms with Gasteiger partial charge >= 0.3 is 0 Å². The van der Waals surface area contributed by atoms with Gasteiger partial charge in [0.2, 0.25) is 0 Å². The predicted molar refractivity (Wildman–Crippen MR) is 207 cm³/mol. The molecule has 4 heteroatoms. The highest BCUT2D eigenvalue weighted by molar-refractivity contribution is 6.17. The molecule has 2 aromatic heterocycles. The summed E-state index contributed by atoms with van der Waals surface area (Å²) in [6.45, 7) is 0. The number of aromatic nitrogens is 2. The number of pyridine rings is 1. The monoisotopic (exact) mass is 654 g/mol. The van der Waals surface area contributed by atoms with E-state index in [1.54, 1.807) is 0 Å². The Bertz CT molecular complexity index is 2750. The first kappa shape index (κ1) is 29.0. The summed E-state index contributed by atoms with van der Waals surface area (Å²) in [6.07, 6.45) is 1.82. The van der Waals surface area contributed by atoms with Crippen molar-refractivity contribution < 1.29 is 9.47 Å². The number of fused-ring (bicyclic) bond motifs is 9. The minimum Gasteiger partial charge on any atom is -0.456 e. The van der Waals surface area contributed by atoms with Crippen molar-refractivity contribution in [3.63, 3.8) is 0 Å². The van der Waals surface area contributed by atoms with Crippen LogP contribution in [0.3, 0.4) is 0 Å². The molecule has 0 saturated heterocycles. The van der Waals surface area contributed by atoms with Gasteiger partial charge in [-0.05, 0) is 77.9 Å². The van der Waals surface area contributed by atoms with E-state index in [1.807, 2.05) is 60.8 Å². The Labute approximate surface area is 295 Å². The maximum atomic E-state index is 7.02. The molecule has 7 aromatic carbocycles. The van der Waals surface area contributed by atoms with Crippen LogP contribution in [0.4, 0.5) is 0 Å². The Morgan fingerprint density at radius 1 is 0.412 bits per heavy atom. The standard InChI is InChI=1S/C47H30N2O2/c1-2-14-32(15-3-1)49-40-22-7-4-18-37(40)46-35(19-12-23-41(46)49)36-20-13-26-44-47(36)38-28-27-31(39-21-10-11-29-48-39)30-45(38)51-43-25-9-6-17-34(43)33-16-5-8-24-42(33)50-44/h1-30H. The summed E-state index contributed by atoms with van der Waals surface area (Å²) in [5, 5.41) is 2.37. The molecule has 0 fully saturated rings. The highest BCUT2D eigenvalue weighted by Gasteiger charge is 2.25. The molecule has 0 radical (unpaired) electrons. The molecular weight excluding hydrogens is 625 g/mol. The minimum absolute atomic E-state index is 0.723. The van der Waals surface area contributed by atoms with Crippen LogP contribution in [0.5, 0.6) is 23.0 Å². The third kappa shape index (κ3) is 4.80. The second kappa shape index (κ2) is 11.9. The van der Waals surface area contributed by atoms with Crippen LogP contribution < -0.4 is 9.47 Å². The second-order valence-corrected chi connectivity index (χ2v) is 12.7. The van der Waals surface area contributed by atoms with Gasteiger partial charge in [0.25, 0.3) is 0 Å². The first-order valence-corrected chi connectivity index (χ1v) is 17.1. The lowest BCUT2D eigenvalue weighted by molar-refractivity contribution is 0.472. The number of benzene rings is 7. The van der Waals surface area contributed by atoms with Crippen LogP contribution in [0.2, 0.25) is 0 Å². The molecule has 1 aliphatic heterocycles. The molecule has 3 heterocycles. The Balaban J connectivity index is 1.29. The fourth-order valence-corrected chi connectivity index (χ4v) is 7.52. The molecule has 0 N–H and O–H groups in total. The lowest BCUT2D eigenvalue weighted by atomic mass is 9.90. The number of hydrogen-bond donors (Lipinski definition) is 0. The molecule has 0 bridgehead atoms. The van der Waals surface area contributed by atoms with Gasteiger partial charge in [-0.2, -0.15) is 0 Å². The molecule has 0 spiro atoms. The summed E-state index contributed by atoms with van der Waals surface area (Å²) >= 11 is 0. The van der Waals surface area contributed by atoms with Crippen molar-refractivity contribution in [3.8, 4) is 73.3 Å². The van der Waals surface area contributed by atoms with Crippen molar-refractivity contribution in [2.75, 3.05) is 0 Å². The van der Waals surface area contributed by atoms with Gasteiger partial charge in [-0.15, -0.1) is 0 Å². The van der Waals surface area contributed by atoms with Crippen LogP contribution in [-0.2, 0) is 0 Å². The topological polar surface area (TPSA) is 36.3 Å². The van der Waals surface area contributed by atoms with E-state index in [0.29, 0.717) is 0 Å². The molecule has 240 valence electrons. The fraction of sp³-hybridized carbons (Fsp3) is 0. The van der Waals surface area contributed by atoms with E-state index in [4.69, 9.17) is 9.47 Å². The van der Waals surface area contributed by atoms with E-state index in [0.717, 1.165) is 84.4 Å². The van der Waals surface area contributed by atoms with Crippen molar-refractivity contribution in [3.05, 3.63) is 182 Å². The molecule has 9 aromatic rings. The number of ether oxygens (including phenoxy) is 2. The van der Waals surface area contributed by atoms with Gasteiger partial charge in [0.05, 0.1) is 16.7 Å². The molecule has 1 aliphatic rings. The van der Waals surface area contributed by atoms with E-state index in [9.17, 15) is 0 Å². The van der Waals surface area contributed by atoms with Crippen LogP contribution in [0.1, 0.15) is 0 Å². The van der Waals surface area contributed by atoms with Crippen LogP contribution in [-0.4, -0.2) is 9.55 Å². The van der Waals surface area contributed by atoms with Gasteiger partial charge in [0.1, 0.15) is 23.0 Å². The lowest BCUT2D eigenvalue weighted by Gasteiger charge is -2.23. The van der Waals surface area contributed by atoms with Crippen molar-refractivity contribution in [1.29, 1.82) is 0 Å². The van der Waals surface area contributed by atoms with Crippen LogP contribution >= 0.6 is 0 Å². The summed E-state index contributed by atoms with van der Waals surface area (Å²) < 4.78 is 16.4. The zero-order valence-electron chi connectivity index (χ0n) is 27.5.